The molecular weight excluding hydrogens is 320 g/mol. The van der Waals surface area contributed by atoms with Gasteiger partial charge in [0.25, 0.3) is 0 Å². The Bertz CT molecular complexity index is 715. The molecule has 5 nitrogen and oxygen atoms in total. The maximum atomic E-state index is 12.7. The van der Waals surface area contributed by atoms with E-state index in [1.165, 1.54) is 0 Å². The van der Waals surface area contributed by atoms with Gasteiger partial charge in [0.15, 0.2) is 0 Å². The van der Waals surface area contributed by atoms with Crippen molar-refractivity contribution in [3.63, 3.8) is 0 Å². The Balaban J connectivity index is 1.76. The van der Waals surface area contributed by atoms with Crippen molar-refractivity contribution < 1.29 is 24.5 Å². The van der Waals surface area contributed by atoms with Crippen LogP contribution >= 0.6 is 0 Å². The number of ether oxygens (including phenoxy) is 1. The summed E-state index contributed by atoms with van der Waals surface area (Å²) in [5, 5.41) is 21.3. The number of hydrogen-bond donors (Lipinski definition) is 2. The second kappa shape index (κ2) is 4.30. The van der Waals surface area contributed by atoms with Crippen molar-refractivity contribution in [1.82, 2.24) is 0 Å². The fraction of sp³-hybridized carbons (Fsp3) is 0.800. The molecule has 7 atom stereocenters. The monoisotopic (exact) mass is 346 g/mol. The zero-order chi connectivity index (χ0) is 17.8. The maximum absolute atomic E-state index is 12.7. The van der Waals surface area contributed by atoms with Crippen molar-refractivity contribution in [3.8, 4) is 0 Å². The molecule has 2 N–H and O–H groups in total. The third kappa shape index (κ3) is 1.52. The largest absolute Gasteiger partial charge is 0.481 e. The molecule has 1 saturated heterocycles. The first kappa shape index (κ1) is 15.9. The lowest BCUT2D eigenvalue weighted by Gasteiger charge is -2.55. The Morgan fingerprint density at radius 2 is 2.04 bits per heavy atom. The second-order valence-electron chi connectivity index (χ2n) is 9.69. The minimum absolute atomic E-state index is 0.189. The average Bonchev–Trinajstić information content (AvgIpc) is 2.90. The smallest absolute Gasteiger partial charge is 0.312 e. The van der Waals surface area contributed by atoms with Gasteiger partial charge in [0, 0.05) is 5.41 Å². The molecule has 1 spiro atoms. The first-order valence-electron chi connectivity index (χ1n) is 9.50. The summed E-state index contributed by atoms with van der Waals surface area (Å²) >= 11 is 0. The van der Waals surface area contributed by atoms with Gasteiger partial charge in [-0.3, -0.25) is 9.59 Å². The number of rotatable bonds is 1. The van der Waals surface area contributed by atoms with Crippen LogP contribution in [-0.2, 0) is 14.3 Å². The number of esters is 1. The summed E-state index contributed by atoms with van der Waals surface area (Å²) in [6.07, 6.45) is 5.12. The molecule has 4 saturated carbocycles. The van der Waals surface area contributed by atoms with Crippen LogP contribution in [0.5, 0.6) is 0 Å². The van der Waals surface area contributed by atoms with Crippen LogP contribution in [-0.4, -0.2) is 34.4 Å². The molecule has 0 aromatic rings. The van der Waals surface area contributed by atoms with Gasteiger partial charge in [-0.15, -0.1) is 0 Å². The van der Waals surface area contributed by atoms with Crippen LogP contribution in [0.4, 0.5) is 0 Å². The molecule has 4 aliphatic carbocycles. The molecule has 5 heteroatoms. The number of hydrogen-bond acceptors (Lipinski definition) is 4. The number of fused-ring (bicyclic) bond motifs is 1. The Kier molecular flexibility index (Phi) is 2.73. The van der Waals surface area contributed by atoms with Gasteiger partial charge in [0.1, 0.15) is 0 Å². The van der Waals surface area contributed by atoms with Crippen molar-refractivity contribution in [2.75, 3.05) is 6.61 Å². The van der Waals surface area contributed by atoms with Crippen molar-refractivity contribution in [2.45, 2.75) is 57.5 Å². The average molecular weight is 346 g/mol. The zero-order valence-corrected chi connectivity index (χ0v) is 14.7. The predicted molar refractivity (Wildman–Crippen MR) is 88.4 cm³/mol. The van der Waals surface area contributed by atoms with Crippen molar-refractivity contribution in [1.29, 1.82) is 0 Å². The standard InChI is InChI=1S/C20H26O5/c1-11-8-19-9-20(11,24)7-4-12(19)18-6-3-5-17(2,16(23)25-10-18)14(18)13(19)15(21)22/h12-14,24H,1,3-10H2,2H3,(H,21,22)/t12-,13+,14+,17+,18+,19-,20-/m0/s1. The highest BCUT2D eigenvalue weighted by atomic mass is 16.5. The summed E-state index contributed by atoms with van der Waals surface area (Å²) in [6.45, 7) is 6.39. The zero-order valence-electron chi connectivity index (χ0n) is 14.7. The fourth-order valence-corrected chi connectivity index (χ4v) is 8.17. The molecule has 0 unspecified atom stereocenters. The first-order valence-corrected chi connectivity index (χ1v) is 9.50. The molecule has 5 fully saturated rings. The van der Waals surface area contributed by atoms with E-state index in [2.05, 4.69) is 6.58 Å². The van der Waals surface area contributed by atoms with Crippen LogP contribution in [0.15, 0.2) is 12.2 Å². The highest BCUT2D eigenvalue weighted by Gasteiger charge is 2.79. The van der Waals surface area contributed by atoms with Crippen LogP contribution < -0.4 is 0 Å². The van der Waals surface area contributed by atoms with E-state index < -0.39 is 28.3 Å². The highest BCUT2D eigenvalue weighted by molar-refractivity contribution is 5.82. The number of carboxylic acids is 1. The third-order valence-electron chi connectivity index (χ3n) is 8.86. The number of aliphatic hydroxyl groups is 1. The second-order valence-corrected chi connectivity index (χ2v) is 9.69. The minimum Gasteiger partial charge on any atom is -0.481 e. The molecule has 1 heterocycles. The molecule has 1 aliphatic heterocycles. The van der Waals surface area contributed by atoms with Gasteiger partial charge in [-0.2, -0.15) is 0 Å². The van der Waals surface area contributed by atoms with Crippen LogP contribution in [0.2, 0.25) is 0 Å². The van der Waals surface area contributed by atoms with Gasteiger partial charge in [0.2, 0.25) is 0 Å². The van der Waals surface area contributed by atoms with Crippen LogP contribution in [0.1, 0.15) is 51.9 Å². The first-order chi connectivity index (χ1) is 11.7. The molecule has 5 aliphatic rings. The minimum atomic E-state index is -0.922. The van der Waals surface area contributed by atoms with E-state index in [-0.39, 0.29) is 23.2 Å². The molecule has 136 valence electrons. The molecule has 0 radical (unpaired) electrons. The van der Waals surface area contributed by atoms with Gasteiger partial charge >= 0.3 is 11.9 Å². The Morgan fingerprint density at radius 3 is 2.76 bits per heavy atom. The molecular formula is C20H26O5. The molecule has 4 bridgehead atoms. The normalized spacial score (nSPS) is 56.2. The summed E-state index contributed by atoms with van der Waals surface area (Å²) < 4.78 is 5.67. The quantitative estimate of drug-likeness (QED) is 0.563. The van der Waals surface area contributed by atoms with Gasteiger partial charge in [-0.1, -0.05) is 13.0 Å². The van der Waals surface area contributed by atoms with Gasteiger partial charge < -0.3 is 14.9 Å². The number of aliphatic carboxylic acids is 1. The number of carbonyl (C=O) groups is 2. The summed E-state index contributed by atoms with van der Waals surface area (Å²) in [6, 6.07) is 0. The summed E-state index contributed by atoms with van der Waals surface area (Å²) in [5.41, 5.74) is -1.55. The van der Waals surface area contributed by atoms with Crippen molar-refractivity contribution in [2.24, 2.45) is 34.0 Å². The Hall–Kier alpha value is -1.36. The van der Waals surface area contributed by atoms with E-state index in [0.717, 1.165) is 24.8 Å². The topological polar surface area (TPSA) is 83.8 Å². The van der Waals surface area contributed by atoms with Crippen LogP contribution in [0.3, 0.4) is 0 Å². The molecule has 25 heavy (non-hydrogen) atoms. The van der Waals surface area contributed by atoms with Gasteiger partial charge in [-0.25, -0.2) is 0 Å². The molecule has 0 aromatic heterocycles. The highest BCUT2D eigenvalue weighted by Crippen LogP contribution is 2.79. The van der Waals surface area contributed by atoms with Crippen molar-refractivity contribution >= 4 is 11.9 Å². The summed E-state index contributed by atoms with van der Waals surface area (Å²) in [5.74, 6) is -1.62. The van der Waals surface area contributed by atoms with E-state index in [1.54, 1.807) is 0 Å². The van der Waals surface area contributed by atoms with Crippen molar-refractivity contribution in [3.05, 3.63) is 12.2 Å². The van der Waals surface area contributed by atoms with Crippen LogP contribution in [0.25, 0.3) is 0 Å². The third-order valence-corrected chi connectivity index (χ3v) is 8.86. The SMILES string of the molecule is C=C1C[C@]23C[C@@]1(O)CC[C@H]2[C@@]12CCC[C@@](C)(C(=O)OC1)[C@H]2[C@@H]3C(=O)O. The lowest BCUT2D eigenvalue weighted by Crippen LogP contribution is -2.58. The van der Waals surface area contributed by atoms with E-state index in [9.17, 15) is 19.8 Å². The van der Waals surface area contributed by atoms with E-state index >= 15 is 0 Å². The Labute approximate surface area is 147 Å². The number of carboxylic acid groups (broad SMARTS) is 1. The Morgan fingerprint density at radius 1 is 1.28 bits per heavy atom. The number of carbonyl (C=O) groups excluding carboxylic acids is 1. The summed E-state index contributed by atoms with van der Waals surface area (Å²) in [4.78, 5) is 25.2. The molecule has 0 aromatic carbocycles. The van der Waals surface area contributed by atoms with E-state index in [0.29, 0.717) is 32.3 Å². The molecule has 0 amide bonds. The van der Waals surface area contributed by atoms with Gasteiger partial charge in [0.05, 0.1) is 23.5 Å². The lowest BCUT2D eigenvalue weighted by atomic mass is 9.51. The molecule has 5 rings (SSSR count). The summed E-state index contributed by atoms with van der Waals surface area (Å²) in [7, 11) is 0. The van der Waals surface area contributed by atoms with Gasteiger partial charge in [-0.05, 0) is 68.3 Å². The lowest BCUT2D eigenvalue weighted by molar-refractivity contribution is -0.200. The van der Waals surface area contributed by atoms with E-state index in [1.807, 2.05) is 6.92 Å². The predicted octanol–water partition coefficient (Wildman–Crippen LogP) is 2.53. The number of cyclic esters (lactones) is 1. The maximum Gasteiger partial charge on any atom is 0.312 e. The van der Waals surface area contributed by atoms with Crippen LogP contribution in [0, 0.1) is 34.0 Å². The fourth-order valence-electron chi connectivity index (χ4n) is 8.17. The van der Waals surface area contributed by atoms with E-state index in [4.69, 9.17) is 4.74 Å².